The zero-order valence-corrected chi connectivity index (χ0v) is 12.4. The molecule has 0 atom stereocenters. The van der Waals surface area contributed by atoms with E-state index in [4.69, 9.17) is 0 Å². The second-order valence-corrected chi connectivity index (χ2v) is 5.64. The van der Waals surface area contributed by atoms with E-state index in [1.54, 1.807) is 12.4 Å². The third-order valence-corrected chi connectivity index (χ3v) is 3.77. The van der Waals surface area contributed by atoms with Gasteiger partial charge in [0.25, 0.3) is 0 Å². The van der Waals surface area contributed by atoms with Crippen LogP contribution in [0.1, 0.15) is 12.8 Å². The lowest BCUT2D eigenvalue weighted by Crippen LogP contribution is -2.40. The number of amides is 1. The molecule has 110 valence electrons. The molecule has 2 heterocycles. The number of nitrogens with one attached hydrogen (secondary N) is 1. The molecule has 1 aromatic rings. The molecule has 0 spiro atoms. The molecule has 1 amide bonds. The van der Waals surface area contributed by atoms with E-state index < -0.39 is 0 Å². The summed E-state index contributed by atoms with van der Waals surface area (Å²) in [5, 5.41) is 2.97. The number of anilines is 1. The smallest absolute Gasteiger partial charge is 0.227 e. The SMILES string of the molecule is CN(C)CCN1CCC(C(=O)Nc2ccncc2)CC1. The van der Waals surface area contributed by atoms with Gasteiger partial charge in [-0.05, 0) is 52.2 Å². The van der Waals surface area contributed by atoms with Crippen molar-refractivity contribution < 1.29 is 4.79 Å². The van der Waals surface area contributed by atoms with Gasteiger partial charge < -0.3 is 15.1 Å². The maximum Gasteiger partial charge on any atom is 0.227 e. The topological polar surface area (TPSA) is 48.5 Å². The highest BCUT2D eigenvalue weighted by Crippen LogP contribution is 2.19. The van der Waals surface area contributed by atoms with E-state index in [-0.39, 0.29) is 11.8 Å². The predicted octanol–water partition coefficient (Wildman–Crippen LogP) is 1.29. The molecule has 5 nitrogen and oxygen atoms in total. The van der Waals surface area contributed by atoms with Crippen LogP contribution in [0.3, 0.4) is 0 Å². The van der Waals surface area contributed by atoms with Crippen LogP contribution in [-0.4, -0.2) is 61.0 Å². The molecule has 0 unspecified atom stereocenters. The van der Waals surface area contributed by atoms with Gasteiger partial charge in [0.1, 0.15) is 0 Å². The van der Waals surface area contributed by atoms with Crippen molar-refractivity contribution in [3.63, 3.8) is 0 Å². The third-order valence-electron chi connectivity index (χ3n) is 3.77. The van der Waals surface area contributed by atoms with Crippen molar-refractivity contribution in [1.29, 1.82) is 0 Å². The minimum Gasteiger partial charge on any atom is -0.326 e. The van der Waals surface area contributed by atoms with Gasteiger partial charge in [0.05, 0.1) is 0 Å². The van der Waals surface area contributed by atoms with Crippen molar-refractivity contribution in [3.8, 4) is 0 Å². The van der Waals surface area contributed by atoms with Gasteiger partial charge in [-0.2, -0.15) is 0 Å². The van der Waals surface area contributed by atoms with Crippen molar-refractivity contribution in [1.82, 2.24) is 14.8 Å². The van der Waals surface area contributed by atoms with Gasteiger partial charge in [-0.1, -0.05) is 0 Å². The van der Waals surface area contributed by atoms with Crippen LogP contribution in [0.2, 0.25) is 0 Å². The monoisotopic (exact) mass is 276 g/mol. The Labute approximate surface area is 121 Å². The maximum atomic E-state index is 12.2. The van der Waals surface area contributed by atoms with Gasteiger partial charge in [0.15, 0.2) is 0 Å². The standard InChI is InChI=1S/C15H24N4O/c1-18(2)11-12-19-9-5-13(6-10-19)15(20)17-14-3-7-16-8-4-14/h3-4,7-8,13H,5-6,9-12H2,1-2H3,(H,16,17,20). The van der Waals surface area contributed by atoms with Gasteiger partial charge in [-0.25, -0.2) is 0 Å². The number of piperidine rings is 1. The molecule has 20 heavy (non-hydrogen) atoms. The van der Waals surface area contributed by atoms with Crippen LogP contribution in [-0.2, 0) is 4.79 Å². The number of hydrogen-bond donors (Lipinski definition) is 1. The molecule has 5 heteroatoms. The van der Waals surface area contributed by atoms with E-state index in [9.17, 15) is 4.79 Å². The average Bonchev–Trinajstić information content (AvgIpc) is 2.46. The minimum absolute atomic E-state index is 0.138. The van der Waals surface area contributed by atoms with Crippen LogP contribution < -0.4 is 5.32 Å². The fourth-order valence-electron chi connectivity index (χ4n) is 2.44. The molecule has 1 fully saturated rings. The van der Waals surface area contributed by atoms with Crippen molar-refractivity contribution >= 4 is 11.6 Å². The Kier molecular flexibility index (Phi) is 5.49. The number of likely N-dealkylation sites (tertiary alicyclic amines) is 1. The van der Waals surface area contributed by atoms with E-state index in [0.29, 0.717) is 0 Å². The molecular weight excluding hydrogens is 252 g/mol. The summed E-state index contributed by atoms with van der Waals surface area (Å²) in [6.45, 7) is 4.20. The predicted molar refractivity (Wildman–Crippen MR) is 80.6 cm³/mol. The second kappa shape index (κ2) is 7.36. The van der Waals surface area contributed by atoms with E-state index in [1.165, 1.54) is 0 Å². The molecule has 1 aliphatic heterocycles. The zero-order chi connectivity index (χ0) is 14.4. The summed E-state index contributed by atoms with van der Waals surface area (Å²) in [6.07, 6.45) is 5.29. The second-order valence-electron chi connectivity index (χ2n) is 5.64. The number of likely N-dealkylation sites (N-methyl/N-ethyl adjacent to an activating group) is 1. The molecule has 0 saturated carbocycles. The van der Waals surface area contributed by atoms with Crippen LogP contribution >= 0.6 is 0 Å². The Morgan fingerprint density at radius 3 is 2.60 bits per heavy atom. The first-order valence-electron chi connectivity index (χ1n) is 7.23. The molecule has 0 radical (unpaired) electrons. The van der Waals surface area contributed by atoms with Gasteiger partial charge in [0.2, 0.25) is 5.91 Å². The Morgan fingerprint density at radius 2 is 2.00 bits per heavy atom. The average molecular weight is 276 g/mol. The number of hydrogen-bond acceptors (Lipinski definition) is 4. The number of pyridine rings is 1. The minimum atomic E-state index is 0.138. The lowest BCUT2D eigenvalue weighted by molar-refractivity contribution is -0.121. The highest BCUT2D eigenvalue weighted by atomic mass is 16.1. The molecule has 1 saturated heterocycles. The molecule has 0 bridgehead atoms. The fraction of sp³-hybridized carbons (Fsp3) is 0.600. The number of nitrogens with zero attached hydrogens (tertiary/aromatic N) is 3. The number of rotatable bonds is 5. The van der Waals surface area contributed by atoms with Crippen molar-refractivity contribution in [2.45, 2.75) is 12.8 Å². The van der Waals surface area contributed by atoms with Crippen molar-refractivity contribution in [3.05, 3.63) is 24.5 Å². The Hall–Kier alpha value is -1.46. The summed E-state index contributed by atoms with van der Waals surface area (Å²) in [7, 11) is 4.18. The summed E-state index contributed by atoms with van der Waals surface area (Å²) in [5.41, 5.74) is 0.833. The van der Waals surface area contributed by atoms with Gasteiger partial charge in [0, 0.05) is 37.1 Å². The first-order valence-corrected chi connectivity index (χ1v) is 7.23. The molecular formula is C15H24N4O. The van der Waals surface area contributed by atoms with E-state index >= 15 is 0 Å². The lowest BCUT2D eigenvalue weighted by atomic mass is 9.96. The maximum absolute atomic E-state index is 12.2. The summed E-state index contributed by atoms with van der Waals surface area (Å²) in [5.74, 6) is 0.280. The van der Waals surface area contributed by atoms with E-state index in [1.807, 2.05) is 12.1 Å². The number of carbonyl (C=O) groups is 1. The lowest BCUT2D eigenvalue weighted by Gasteiger charge is -2.31. The Bertz CT molecular complexity index is 413. The van der Waals surface area contributed by atoms with Gasteiger partial charge >= 0.3 is 0 Å². The van der Waals surface area contributed by atoms with Crippen molar-refractivity contribution in [2.75, 3.05) is 45.6 Å². The van der Waals surface area contributed by atoms with Crippen molar-refractivity contribution in [2.24, 2.45) is 5.92 Å². The first-order chi connectivity index (χ1) is 9.65. The van der Waals surface area contributed by atoms with Crippen LogP contribution in [0, 0.1) is 5.92 Å². The highest BCUT2D eigenvalue weighted by Gasteiger charge is 2.24. The van der Waals surface area contributed by atoms with Crippen LogP contribution in [0.5, 0.6) is 0 Å². The summed E-state index contributed by atoms with van der Waals surface area (Å²) >= 11 is 0. The van der Waals surface area contributed by atoms with E-state index in [2.05, 4.69) is 34.2 Å². The Balaban J connectivity index is 1.74. The molecule has 1 aliphatic rings. The highest BCUT2D eigenvalue weighted by molar-refractivity contribution is 5.92. The molecule has 0 aliphatic carbocycles. The molecule has 0 aromatic carbocycles. The third kappa shape index (κ3) is 4.58. The Morgan fingerprint density at radius 1 is 1.35 bits per heavy atom. The van der Waals surface area contributed by atoms with Gasteiger partial charge in [-0.15, -0.1) is 0 Å². The quantitative estimate of drug-likeness (QED) is 0.880. The number of aromatic nitrogens is 1. The van der Waals surface area contributed by atoms with Crippen LogP contribution in [0.15, 0.2) is 24.5 Å². The molecule has 1 N–H and O–H groups in total. The normalized spacial score (nSPS) is 17.4. The summed E-state index contributed by atoms with van der Waals surface area (Å²) in [6, 6.07) is 3.65. The number of carbonyl (C=O) groups excluding carboxylic acids is 1. The van der Waals surface area contributed by atoms with E-state index in [0.717, 1.165) is 44.7 Å². The van der Waals surface area contributed by atoms with Crippen LogP contribution in [0.25, 0.3) is 0 Å². The summed E-state index contributed by atoms with van der Waals surface area (Å²) < 4.78 is 0. The van der Waals surface area contributed by atoms with Gasteiger partial charge in [-0.3, -0.25) is 9.78 Å². The first kappa shape index (κ1) is 14.9. The largest absolute Gasteiger partial charge is 0.326 e. The van der Waals surface area contributed by atoms with Crippen LogP contribution in [0.4, 0.5) is 5.69 Å². The zero-order valence-electron chi connectivity index (χ0n) is 12.4. The molecule has 2 rings (SSSR count). The molecule has 1 aromatic heterocycles. The fourth-order valence-corrected chi connectivity index (χ4v) is 2.44. The summed E-state index contributed by atoms with van der Waals surface area (Å²) in [4.78, 5) is 20.8.